The van der Waals surface area contributed by atoms with E-state index in [1.54, 1.807) is 26.4 Å². The fourth-order valence-electron chi connectivity index (χ4n) is 7.19. The number of rotatable bonds is 6. The molecule has 0 bridgehead atoms. The second-order valence-corrected chi connectivity index (χ2v) is 16.7. The van der Waals surface area contributed by atoms with Crippen LogP contribution in [0.15, 0.2) is 145 Å². The first kappa shape index (κ1) is 37.0. The Balaban J connectivity index is 1.41. The van der Waals surface area contributed by atoms with E-state index in [4.69, 9.17) is 30.5 Å². The van der Waals surface area contributed by atoms with Crippen LogP contribution in [0.1, 0.15) is 33.4 Å². The Hall–Kier alpha value is -8.30. The van der Waals surface area contributed by atoms with Crippen molar-refractivity contribution in [2.45, 2.75) is 0 Å². The van der Waals surface area contributed by atoms with Crippen LogP contribution in [0.5, 0.6) is 11.5 Å². The van der Waals surface area contributed by atoms with E-state index in [0.717, 1.165) is 44.5 Å². The molecule has 0 N–H and O–H groups in total. The van der Waals surface area contributed by atoms with E-state index in [0.29, 0.717) is 11.5 Å². The van der Waals surface area contributed by atoms with E-state index in [1.807, 2.05) is 84.9 Å². The van der Waals surface area contributed by atoms with Crippen molar-refractivity contribution in [3.05, 3.63) is 178 Å². The Morgan fingerprint density at radius 3 is 1.18 bits per heavy atom. The van der Waals surface area contributed by atoms with Crippen molar-refractivity contribution in [3.8, 4) is 70.6 Å². The average Bonchev–Trinajstić information content (AvgIpc) is 3.55. The summed E-state index contributed by atoms with van der Waals surface area (Å²) in [6.07, 6.45) is 3.09. The molecule has 0 aliphatic carbocycles. The number of fused-ring (bicyclic) bond motifs is 3. The first-order chi connectivity index (χ1) is 27.9. The van der Waals surface area contributed by atoms with Crippen LogP contribution in [-0.4, -0.2) is 22.3 Å². The number of hydrogen-bond acceptors (Lipinski definition) is 6. The number of ether oxygens (including phenoxy) is 2. The summed E-state index contributed by atoms with van der Waals surface area (Å²) in [5.41, 5.74) is 6.68. The van der Waals surface area contributed by atoms with Gasteiger partial charge >= 0.3 is 0 Å². The van der Waals surface area contributed by atoms with Crippen LogP contribution in [0.3, 0.4) is 0 Å². The molecule has 6 aromatic carbocycles. The zero-order chi connectivity index (χ0) is 39.8. The number of methoxy groups -OCH3 is 2. The van der Waals surface area contributed by atoms with Crippen LogP contribution >= 0.6 is 0 Å². The number of allylic oxidation sites excluding steroid dienone is 2. The standard InChI is InChI=1S/C50H30N4O2Si/c1-55-47-29-45-46-30-48(56-2)42(24-22-36-15-19-38(20-16-36)26-40(33-53)34-54)28-50(46)57(43-9-5-3-6-10-43,44-11-7-4-8-12-44)49(45)27-41(47)23-21-35-13-17-37(18-14-35)25-39(31-51)32-52/h3-20,25-30H,1-2H3. The third-order valence-electron chi connectivity index (χ3n) is 9.80. The van der Waals surface area contributed by atoms with Gasteiger partial charge in [-0.05, 0) is 104 Å². The second kappa shape index (κ2) is 16.4. The molecule has 0 unspecified atom stereocenters. The summed E-state index contributed by atoms with van der Waals surface area (Å²) >= 11 is 0. The Labute approximate surface area is 333 Å². The molecule has 6 aromatic rings. The molecular formula is C50H30N4O2Si. The lowest BCUT2D eigenvalue weighted by atomic mass is 10.0. The van der Waals surface area contributed by atoms with Gasteiger partial charge in [-0.25, -0.2) is 0 Å². The van der Waals surface area contributed by atoms with E-state index in [-0.39, 0.29) is 11.1 Å². The molecule has 266 valence electrons. The Morgan fingerprint density at radius 1 is 0.474 bits per heavy atom. The summed E-state index contributed by atoms with van der Waals surface area (Å²) < 4.78 is 12.0. The molecule has 0 saturated heterocycles. The lowest BCUT2D eigenvalue weighted by Gasteiger charge is -2.31. The molecule has 0 amide bonds. The highest BCUT2D eigenvalue weighted by Crippen LogP contribution is 2.36. The quantitative estimate of drug-likeness (QED) is 0.106. The Bertz CT molecular complexity index is 2670. The van der Waals surface area contributed by atoms with E-state index in [1.165, 1.54) is 20.7 Å². The van der Waals surface area contributed by atoms with Crippen molar-refractivity contribution in [2.75, 3.05) is 14.2 Å². The fraction of sp³-hybridized carbons (Fsp3) is 0.0400. The van der Waals surface area contributed by atoms with Gasteiger partial charge < -0.3 is 9.47 Å². The topological polar surface area (TPSA) is 114 Å². The van der Waals surface area contributed by atoms with E-state index < -0.39 is 8.07 Å². The van der Waals surface area contributed by atoms with E-state index >= 15 is 0 Å². The molecule has 1 heterocycles. The normalized spacial score (nSPS) is 11.1. The first-order valence-corrected chi connectivity index (χ1v) is 19.8. The molecule has 6 nitrogen and oxygen atoms in total. The van der Waals surface area contributed by atoms with Crippen LogP contribution in [-0.2, 0) is 0 Å². The highest BCUT2D eigenvalue weighted by atomic mass is 28.3. The molecule has 0 saturated carbocycles. The average molecular weight is 747 g/mol. The molecule has 0 spiro atoms. The van der Waals surface area contributed by atoms with Crippen LogP contribution in [0.25, 0.3) is 23.3 Å². The van der Waals surface area contributed by atoms with Gasteiger partial charge in [-0.3, -0.25) is 0 Å². The van der Waals surface area contributed by atoms with Crippen LogP contribution in [0.2, 0.25) is 0 Å². The lowest BCUT2D eigenvalue weighted by Crippen LogP contribution is -2.72. The molecule has 0 atom stereocenters. The molecular weight excluding hydrogens is 717 g/mol. The van der Waals surface area contributed by atoms with Gasteiger partial charge in [0, 0.05) is 11.1 Å². The van der Waals surface area contributed by atoms with Gasteiger partial charge in [-0.2, -0.15) is 21.0 Å². The molecule has 57 heavy (non-hydrogen) atoms. The van der Waals surface area contributed by atoms with Gasteiger partial charge in [0.1, 0.15) is 46.9 Å². The minimum Gasteiger partial charge on any atom is -0.495 e. The third kappa shape index (κ3) is 7.19. The molecule has 0 aromatic heterocycles. The maximum absolute atomic E-state index is 9.16. The van der Waals surface area contributed by atoms with Gasteiger partial charge in [0.15, 0.2) is 8.07 Å². The van der Waals surface area contributed by atoms with Gasteiger partial charge in [0.2, 0.25) is 0 Å². The number of nitriles is 4. The lowest BCUT2D eigenvalue weighted by molar-refractivity contribution is 0.413. The van der Waals surface area contributed by atoms with Crippen molar-refractivity contribution in [1.29, 1.82) is 21.0 Å². The molecule has 7 heteroatoms. The van der Waals surface area contributed by atoms with Gasteiger partial charge in [-0.15, -0.1) is 0 Å². The minimum atomic E-state index is -3.00. The second-order valence-electron chi connectivity index (χ2n) is 13.0. The molecule has 1 aliphatic rings. The smallest absolute Gasteiger partial charge is 0.180 e. The maximum atomic E-state index is 9.16. The van der Waals surface area contributed by atoms with Crippen LogP contribution < -0.4 is 30.2 Å². The Morgan fingerprint density at radius 2 is 0.842 bits per heavy atom. The number of hydrogen-bond donors (Lipinski definition) is 0. The van der Waals surface area contributed by atoms with E-state index in [2.05, 4.69) is 96.5 Å². The van der Waals surface area contributed by atoms with Crippen molar-refractivity contribution in [2.24, 2.45) is 0 Å². The molecule has 0 fully saturated rings. The summed E-state index contributed by atoms with van der Waals surface area (Å²) in [6.45, 7) is 0. The highest BCUT2D eigenvalue weighted by Gasteiger charge is 2.49. The summed E-state index contributed by atoms with van der Waals surface area (Å²) in [5, 5.41) is 41.4. The van der Waals surface area contributed by atoms with Gasteiger partial charge in [0.05, 0.1) is 25.3 Å². The van der Waals surface area contributed by atoms with E-state index in [9.17, 15) is 0 Å². The molecule has 1 aliphatic heterocycles. The van der Waals surface area contributed by atoms with Crippen molar-refractivity contribution >= 4 is 41.0 Å². The number of benzene rings is 6. The highest BCUT2D eigenvalue weighted by molar-refractivity contribution is 7.22. The predicted octanol–water partition coefficient (Wildman–Crippen LogP) is 6.72. The summed E-state index contributed by atoms with van der Waals surface area (Å²) in [5.74, 6) is 14.7. The zero-order valence-corrected chi connectivity index (χ0v) is 32.0. The zero-order valence-electron chi connectivity index (χ0n) is 31.0. The molecule has 7 rings (SSSR count). The minimum absolute atomic E-state index is 0.0344. The first-order valence-electron chi connectivity index (χ1n) is 17.8. The predicted molar refractivity (Wildman–Crippen MR) is 225 cm³/mol. The van der Waals surface area contributed by atoms with Crippen LogP contribution in [0, 0.1) is 69.0 Å². The van der Waals surface area contributed by atoms with Crippen molar-refractivity contribution in [1.82, 2.24) is 0 Å². The largest absolute Gasteiger partial charge is 0.495 e. The fourth-order valence-corrected chi connectivity index (χ4v) is 12.4. The van der Waals surface area contributed by atoms with Crippen molar-refractivity contribution < 1.29 is 9.47 Å². The van der Waals surface area contributed by atoms with Crippen molar-refractivity contribution in [3.63, 3.8) is 0 Å². The molecule has 0 radical (unpaired) electrons. The Kier molecular flexibility index (Phi) is 10.6. The SMILES string of the molecule is COc1cc2c(cc1C#Cc1ccc(C=C(C#N)C#N)cc1)[Si](c1ccccc1)(c1ccccc1)c1cc(C#Cc3ccc(C=C(C#N)C#N)cc3)c(OC)cc1-2. The monoisotopic (exact) mass is 746 g/mol. The maximum Gasteiger partial charge on any atom is 0.180 e. The van der Waals surface area contributed by atoms with Gasteiger partial charge in [0.25, 0.3) is 0 Å². The number of nitrogens with zero attached hydrogens (tertiary/aromatic N) is 4. The summed E-state index contributed by atoms with van der Waals surface area (Å²) in [4.78, 5) is 0. The van der Waals surface area contributed by atoms with Gasteiger partial charge in [-0.1, -0.05) is 109 Å². The summed E-state index contributed by atoms with van der Waals surface area (Å²) in [7, 11) is 0.301. The third-order valence-corrected chi connectivity index (χ3v) is 14.6. The summed E-state index contributed by atoms with van der Waals surface area (Å²) in [6, 6.07) is 52.2. The van der Waals surface area contributed by atoms with Crippen LogP contribution in [0.4, 0.5) is 0 Å².